The maximum atomic E-state index is 14.5. The molecule has 5 unspecified atom stereocenters. The minimum atomic E-state index is -6.01. The van der Waals surface area contributed by atoms with Gasteiger partial charge in [-0.05, 0) is 24.3 Å². The van der Waals surface area contributed by atoms with E-state index in [9.17, 15) is 117 Å². The zero-order valence-corrected chi connectivity index (χ0v) is 68.0. The summed E-state index contributed by atoms with van der Waals surface area (Å²) in [4.78, 5) is 166. The van der Waals surface area contributed by atoms with E-state index in [0.717, 1.165) is 88.1 Å². The van der Waals surface area contributed by atoms with Gasteiger partial charge in [-0.25, -0.2) is 76.5 Å². The van der Waals surface area contributed by atoms with Crippen LogP contribution in [0.2, 0.25) is 0 Å². The number of nitrogens with zero attached hydrogens (tertiary/aromatic N) is 16. The number of aliphatic hydroxyl groups is 7. The van der Waals surface area contributed by atoms with Crippen molar-refractivity contribution in [3.63, 3.8) is 0 Å². The molecule has 69 heteroatoms. The number of aromatic nitrogens is 16. The van der Waals surface area contributed by atoms with Crippen molar-refractivity contribution in [2.45, 2.75) is 147 Å². The molecular weight excluding hydrogens is 1820 g/mol. The maximum absolute atomic E-state index is 14.5. The van der Waals surface area contributed by atoms with Crippen molar-refractivity contribution in [2.75, 3.05) is 74.0 Å². The lowest BCUT2D eigenvalue weighted by Gasteiger charge is -2.27. The second-order valence-corrected chi connectivity index (χ2v) is 35.9. The number of nitrogens with two attached hydrogens (primary N) is 6. The summed E-state index contributed by atoms with van der Waals surface area (Å²) in [5, 5.41) is 80.7. The molecule has 6 fully saturated rings. The van der Waals surface area contributed by atoms with Crippen LogP contribution in [-0.2, 0) is 106 Å². The van der Waals surface area contributed by atoms with Crippen molar-refractivity contribution in [1.82, 2.24) is 77.2 Å². The van der Waals surface area contributed by atoms with Gasteiger partial charge in [-0.15, -0.1) is 0 Å². The van der Waals surface area contributed by atoms with E-state index in [1.165, 1.54) is 0 Å². The van der Waals surface area contributed by atoms with Gasteiger partial charge in [0.1, 0.15) is 157 Å². The minimum absolute atomic E-state index is 0.101. The number of ether oxygens (including phenoxy) is 6. The Kier molecular flexibility index (Phi) is 26.9. The average molecular weight is 1900 g/mol. The van der Waals surface area contributed by atoms with E-state index in [0.29, 0.717) is 13.7 Å². The maximum Gasteiger partial charge on any atom is 0.472 e. The third-order valence-corrected chi connectivity index (χ3v) is 24.8. The number of rotatable bonds is 34. The molecule has 0 saturated carbocycles. The SMILES string of the molecule is Nc1ccn([C@@H]2O[C@H](COP(=O)(O)O[C@H]3[C@@H](O)[C@H](n4ccc(N)nc4=O)O[C@@H]3COP(=O)(O)O[C@H]3[C@@H](O)[C@H](n4ccc(N)nc4=O)O[C@@H]3COP(=O)(O)O[C@H]3[C@@H](O)[C@H](n4cnc5c(N)ncnc54)O[C@@H]3COP(=O)(O)O[C@H]3[C@@H](O)[C@H](n4cnc5c(N)ncnc54)O[C@@H]3COP(=O)(O)O[C@H]3[C@@H](O)[C@H](n4ccc(N)nc4=O)O[C@@H]3COP(=O)(O)O)[C@@H](O)[C@H]2O)c(=O)n1. The average Bonchev–Trinajstić information content (AvgIpc) is 1.61. The molecule has 0 bridgehead atoms. The summed E-state index contributed by atoms with van der Waals surface area (Å²) in [5.74, 6) is -1.71. The van der Waals surface area contributed by atoms with E-state index in [2.05, 4.69) is 54.4 Å². The number of imidazole rings is 2. The molecule has 8 aromatic rings. The monoisotopic (exact) mass is 1900 g/mol. The van der Waals surface area contributed by atoms with Crippen molar-refractivity contribution in [1.29, 1.82) is 0 Å². The zero-order chi connectivity index (χ0) is 90.2. The van der Waals surface area contributed by atoms with Crippen LogP contribution in [0.1, 0.15) is 37.4 Å². The smallest absolute Gasteiger partial charge is 0.387 e. The minimum Gasteiger partial charge on any atom is -0.387 e. The molecule has 6 saturated heterocycles. The third-order valence-electron chi connectivity index (χ3n) is 19.4. The van der Waals surface area contributed by atoms with E-state index in [1.54, 1.807) is 0 Å². The number of phosphoric acid groups is 6. The number of phosphoric ester groups is 6. The molecule has 63 nitrogen and oxygen atoms in total. The number of hydrogen-bond acceptors (Lipinski definition) is 50. The molecule has 8 aromatic heterocycles. The molecule has 0 aromatic carbocycles. The summed E-state index contributed by atoms with van der Waals surface area (Å²) in [7, 11) is -34.8. The molecule has 0 aliphatic carbocycles. The van der Waals surface area contributed by atoms with Crippen molar-refractivity contribution < 1.29 is 176 Å². The Balaban J connectivity index is 0.688. The van der Waals surface area contributed by atoms with Crippen molar-refractivity contribution in [2.24, 2.45) is 0 Å². The van der Waals surface area contributed by atoms with E-state index >= 15 is 0 Å². The summed E-state index contributed by atoms with van der Waals surface area (Å²) in [5.41, 5.74) is 29.2. The van der Waals surface area contributed by atoms with E-state index in [-0.39, 0.29) is 57.2 Å². The summed E-state index contributed by atoms with van der Waals surface area (Å²) in [6.07, 6.45) is -42.8. The molecule has 0 spiro atoms. The fourth-order valence-electron chi connectivity index (χ4n) is 13.7. The Bertz CT molecular complexity index is 5880. The molecular formula is C56H74N22O41P6. The van der Waals surface area contributed by atoms with Crippen molar-refractivity contribution >= 4 is 104 Å². The summed E-state index contributed by atoms with van der Waals surface area (Å²) in [6, 6.07) is 4.27. The lowest BCUT2D eigenvalue weighted by Crippen LogP contribution is -2.39. The highest BCUT2D eigenvalue weighted by Gasteiger charge is 2.58. The predicted molar refractivity (Wildman–Crippen MR) is 398 cm³/mol. The molecule has 125 heavy (non-hydrogen) atoms. The molecule has 14 heterocycles. The highest BCUT2D eigenvalue weighted by atomic mass is 31.2. The van der Waals surface area contributed by atoms with Crippen LogP contribution >= 0.6 is 46.9 Å². The van der Waals surface area contributed by atoms with Gasteiger partial charge in [0.2, 0.25) is 0 Å². The van der Waals surface area contributed by atoms with Gasteiger partial charge in [-0.2, -0.15) is 19.9 Å². The lowest BCUT2D eigenvalue weighted by atomic mass is 10.1. The molecule has 0 amide bonds. The van der Waals surface area contributed by atoms with Gasteiger partial charge in [0, 0.05) is 24.8 Å². The number of hydrogen-bond donors (Lipinski definition) is 20. The Labute approximate surface area is 692 Å². The summed E-state index contributed by atoms with van der Waals surface area (Å²) < 4.78 is 180. The first kappa shape index (κ1) is 92.7. The highest BCUT2D eigenvalue weighted by molar-refractivity contribution is 7.48. The molecule has 14 rings (SSSR count). The topological polar surface area (TPSA) is 925 Å². The summed E-state index contributed by atoms with van der Waals surface area (Å²) in [6.45, 7) is -7.96. The van der Waals surface area contributed by atoms with E-state index < -0.39 is 257 Å². The van der Waals surface area contributed by atoms with Crippen molar-refractivity contribution in [3.05, 3.63) is 116 Å². The first-order chi connectivity index (χ1) is 58.7. The van der Waals surface area contributed by atoms with Crippen LogP contribution in [0.4, 0.5) is 34.9 Å². The second kappa shape index (κ2) is 36.2. The highest BCUT2D eigenvalue weighted by Crippen LogP contribution is 2.57. The van der Waals surface area contributed by atoms with Crippen molar-refractivity contribution in [3.8, 4) is 0 Å². The second-order valence-electron chi connectivity index (χ2n) is 27.6. The Morgan fingerprint density at radius 1 is 0.312 bits per heavy atom. The normalized spacial score (nSPS) is 32.6. The van der Waals surface area contributed by atoms with Gasteiger partial charge >= 0.3 is 69.7 Å². The van der Waals surface area contributed by atoms with E-state index in [1.807, 2.05) is 0 Å². The predicted octanol–water partition coefficient (Wildman–Crippen LogP) is -8.28. The number of anilines is 6. The van der Waals surface area contributed by atoms with Crippen LogP contribution in [0.25, 0.3) is 22.3 Å². The van der Waals surface area contributed by atoms with Crippen LogP contribution in [0.5, 0.6) is 0 Å². The molecule has 0 radical (unpaired) electrons. The van der Waals surface area contributed by atoms with E-state index in [4.69, 9.17) is 108 Å². The zero-order valence-electron chi connectivity index (χ0n) is 62.6. The van der Waals surface area contributed by atoms with Crippen LogP contribution in [0.3, 0.4) is 0 Å². The van der Waals surface area contributed by atoms with Gasteiger partial charge in [0.05, 0.1) is 52.3 Å². The first-order valence-corrected chi connectivity index (χ1v) is 44.7. The van der Waals surface area contributed by atoms with Crippen LogP contribution in [0, 0.1) is 0 Å². The number of fused-ring (bicyclic) bond motifs is 2. The fraction of sp³-hybridized carbons (Fsp3) is 0.536. The quantitative estimate of drug-likeness (QED) is 0.0167. The molecule has 29 atom stereocenters. The van der Waals surface area contributed by atoms with Gasteiger partial charge < -0.3 is 133 Å². The Morgan fingerprint density at radius 2 is 0.544 bits per heavy atom. The number of nitrogen functional groups attached to an aromatic ring is 6. The van der Waals surface area contributed by atoms with Gasteiger partial charge in [0.25, 0.3) is 0 Å². The first-order valence-electron chi connectivity index (χ1n) is 35.7. The Hall–Kier alpha value is -8.44. The standard InChI is InChI=1S/C56H74N22O41P6/c57-25-1-5-73(53(86)69-25)47-32(80)31(79)19(109-47)9-104-121(93,94)116-39-21(111-49(34(39)82)75-7-3-27(59)71-55(75)88)11-105-123(97,98)117-40-22(112-50(35(40)83)76-8-4-28(60)72-56(76)89)12-106-124(99,100)118-41-24(114-51(36(41)84)77-17-67-29-43(61)63-15-65-45(29)77)14-108-125(101,102)119-42-23(113-52(37(42)85)78-18-68-30-44(62)64-16-66-46(30)78)13-107-122(95,96)115-38-20(10-103-120(90,91)92)110-48(33(38)81)74-6-2-26(58)70-54(74)87/h1-8,15-24,31-42,47-52,79-85H,9-14H2,(H,93,94)(H,95,96)(H,97,98)(H,99,100)(H,101,102)(H2,57,69,86)(H2,58,70,87)(H2,59,71,88)(H2,60,72,89)(H2,61,63,65)(H2,62,64,66)(H2,90,91,92)/t19-,20-,21-,22-,23-,24-,31-,32-,33-,34-,35-,36-,37-,38-,39-,40-,41-,42-,47-,48-,49-,50-,51-,52-/m1/s1. The Morgan fingerprint density at radius 3 is 0.800 bits per heavy atom. The lowest BCUT2D eigenvalue weighted by molar-refractivity contribution is -0.0663. The van der Waals surface area contributed by atoms with Gasteiger partial charge in [0.15, 0.2) is 60.3 Å². The molecule has 6 aliphatic heterocycles. The van der Waals surface area contributed by atoms with Crippen LogP contribution < -0.4 is 57.2 Å². The fourth-order valence-corrected chi connectivity index (χ4v) is 18.8. The largest absolute Gasteiger partial charge is 0.472 e. The third kappa shape index (κ3) is 20.4. The van der Waals surface area contributed by atoms with Gasteiger partial charge in [-0.3, -0.25) is 77.2 Å². The van der Waals surface area contributed by atoms with Gasteiger partial charge in [-0.1, -0.05) is 0 Å². The molecule has 6 aliphatic rings. The van der Waals surface area contributed by atoms with Crippen LogP contribution in [0.15, 0.2) is 93.5 Å². The molecule has 684 valence electrons. The summed E-state index contributed by atoms with van der Waals surface area (Å²) >= 11 is 0. The molecule has 26 N–H and O–H groups in total. The van der Waals surface area contributed by atoms with Crippen LogP contribution in [-0.4, -0.2) is 297 Å². The number of aliphatic hydroxyl groups excluding tert-OH is 7.